The van der Waals surface area contributed by atoms with Crippen molar-refractivity contribution in [3.8, 4) is 11.1 Å². The summed E-state index contributed by atoms with van der Waals surface area (Å²) < 4.78 is 48.1. The zero-order valence-corrected chi connectivity index (χ0v) is 29.5. The molecule has 3 fully saturated rings. The Kier molecular flexibility index (Phi) is 7.92. The number of anilines is 2. The van der Waals surface area contributed by atoms with Crippen molar-refractivity contribution in [1.82, 2.24) is 34.1 Å². The van der Waals surface area contributed by atoms with E-state index >= 15 is 4.39 Å². The lowest BCUT2D eigenvalue weighted by Crippen LogP contribution is -2.73. The minimum atomic E-state index is -2.76. The third-order valence-corrected chi connectivity index (χ3v) is 11.9. The van der Waals surface area contributed by atoms with E-state index < -0.39 is 23.7 Å². The summed E-state index contributed by atoms with van der Waals surface area (Å²) in [6, 6.07) is 10.4. The quantitative estimate of drug-likeness (QED) is 0.232. The number of amides is 2. The molecule has 1 spiro atoms. The van der Waals surface area contributed by atoms with Crippen molar-refractivity contribution in [3.05, 3.63) is 77.7 Å². The summed E-state index contributed by atoms with van der Waals surface area (Å²) in [5.41, 5.74) is 3.90. The Labute approximate surface area is 302 Å². The average Bonchev–Trinajstić information content (AvgIpc) is 3.89. The number of fused-ring (bicyclic) bond motifs is 2. The van der Waals surface area contributed by atoms with E-state index in [1.165, 1.54) is 16.0 Å². The van der Waals surface area contributed by atoms with Crippen molar-refractivity contribution >= 4 is 44.9 Å². The predicted molar refractivity (Wildman–Crippen MR) is 191 cm³/mol. The molecule has 5 aromatic rings. The highest BCUT2D eigenvalue weighted by atomic mass is 32.1. The van der Waals surface area contributed by atoms with Gasteiger partial charge in [0.2, 0.25) is 5.91 Å². The number of halogens is 3. The standard InChI is InChI=1S/C37H38F3N9O2S/c1-23-10-13-45(21-37(23,39)40)16-29(50)48-19-36(20-48)17-47(18-36)26-7-4-24(5-8-26)27-9-6-25-15-49(44-31(25)30(27)38)33(34(51)43-35-41-11-14-52-35)32-28-3-2-12-46(28)22-42-32/h4-9,11,14-15,22-23,33H,2-3,10,12-13,16-21H2,1H3,(H,41,43,51). The number of aryl methyl sites for hydroxylation is 1. The number of nitrogens with one attached hydrogen (secondary N) is 1. The van der Waals surface area contributed by atoms with Gasteiger partial charge < -0.3 is 14.4 Å². The molecule has 3 aromatic heterocycles. The van der Waals surface area contributed by atoms with Crippen molar-refractivity contribution in [3.63, 3.8) is 0 Å². The van der Waals surface area contributed by atoms with Gasteiger partial charge in [-0.2, -0.15) is 5.10 Å². The number of nitrogens with zero attached hydrogens (tertiary/aromatic N) is 8. The molecule has 1 N–H and O–H groups in total. The highest BCUT2D eigenvalue weighted by Crippen LogP contribution is 2.43. The van der Waals surface area contributed by atoms with Crippen LogP contribution in [0.5, 0.6) is 0 Å². The monoisotopic (exact) mass is 729 g/mol. The van der Waals surface area contributed by atoms with Crippen LogP contribution in [0.1, 0.15) is 37.2 Å². The molecule has 0 bridgehead atoms. The summed E-state index contributed by atoms with van der Waals surface area (Å²) in [5, 5.41) is 10.3. The summed E-state index contributed by atoms with van der Waals surface area (Å²) in [5.74, 6) is -4.31. The molecule has 2 amide bonds. The minimum Gasteiger partial charge on any atom is -0.370 e. The molecule has 7 heterocycles. The Balaban J connectivity index is 0.872. The van der Waals surface area contributed by atoms with Crippen LogP contribution in [-0.2, 0) is 22.6 Å². The maximum Gasteiger partial charge on any atom is 0.263 e. The molecular formula is C37H38F3N9O2S. The molecule has 4 aliphatic rings. The summed E-state index contributed by atoms with van der Waals surface area (Å²) in [4.78, 5) is 40.9. The van der Waals surface area contributed by atoms with Gasteiger partial charge in [0.25, 0.3) is 11.8 Å². The third-order valence-electron chi connectivity index (χ3n) is 11.3. The Hall–Kier alpha value is -4.76. The number of piperidine rings is 1. The molecule has 2 atom stereocenters. The lowest BCUT2D eigenvalue weighted by molar-refractivity contribution is -0.151. The second kappa shape index (κ2) is 12.4. The molecule has 270 valence electrons. The number of hydrogen-bond acceptors (Lipinski definition) is 8. The molecule has 15 heteroatoms. The van der Waals surface area contributed by atoms with Gasteiger partial charge in [0.1, 0.15) is 5.52 Å². The molecular weight excluding hydrogens is 692 g/mol. The van der Waals surface area contributed by atoms with Crippen molar-refractivity contribution in [2.45, 2.75) is 44.7 Å². The number of carbonyl (C=O) groups is 2. The first kappa shape index (κ1) is 33.1. The van der Waals surface area contributed by atoms with Crippen LogP contribution in [0.2, 0.25) is 0 Å². The maximum absolute atomic E-state index is 16.2. The van der Waals surface area contributed by atoms with Gasteiger partial charge in [-0.05, 0) is 43.5 Å². The minimum absolute atomic E-state index is 0.0242. The number of thiazole rings is 1. The van der Waals surface area contributed by atoms with Crippen LogP contribution in [0.15, 0.2) is 60.5 Å². The van der Waals surface area contributed by atoms with Crippen LogP contribution < -0.4 is 10.2 Å². The summed E-state index contributed by atoms with van der Waals surface area (Å²) in [7, 11) is 0. The number of benzene rings is 2. The van der Waals surface area contributed by atoms with Crippen molar-refractivity contribution in [2.75, 3.05) is 56.0 Å². The molecule has 52 heavy (non-hydrogen) atoms. The average molecular weight is 730 g/mol. The van der Waals surface area contributed by atoms with Gasteiger partial charge in [-0.15, -0.1) is 11.3 Å². The van der Waals surface area contributed by atoms with E-state index in [0.29, 0.717) is 53.4 Å². The number of imidazole rings is 1. The maximum atomic E-state index is 16.2. The fourth-order valence-electron chi connectivity index (χ4n) is 8.27. The fourth-order valence-corrected chi connectivity index (χ4v) is 8.80. The Morgan fingerprint density at radius 2 is 1.85 bits per heavy atom. The second-order valence-corrected chi connectivity index (χ2v) is 15.8. The first-order valence-corrected chi connectivity index (χ1v) is 18.6. The van der Waals surface area contributed by atoms with Gasteiger partial charge in [-0.3, -0.25) is 24.5 Å². The largest absolute Gasteiger partial charge is 0.370 e. The highest BCUT2D eigenvalue weighted by molar-refractivity contribution is 7.13. The van der Waals surface area contributed by atoms with Crippen LogP contribution in [0.4, 0.5) is 24.0 Å². The van der Waals surface area contributed by atoms with E-state index in [9.17, 15) is 18.4 Å². The Morgan fingerprint density at radius 3 is 2.60 bits per heavy atom. The van der Waals surface area contributed by atoms with Crippen molar-refractivity contribution in [2.24, 2.45) is 11.3 Å². The smallest absolute Gasteiger partial charge is 0.263 e. The number of carbonyl (C=O) groups excluding carboxylic acids is 2. The van der Waals surface area contributed by atoms with Gasteiger partial charge in [0, 0.05) is 84.2 Å². The normalized spacial score (nSPS) is 21.2. The number of aromatic nitrogens is 5. The van der Waals surface area contributed by atoms with E-state index in [-0.39, 0.29) is 35.8 Å². The molecule has 0 aliphatic carbocycles. The first-order chi connectivity index (χ1) is 25.1. The SMILES string of the molecule is CC1CCN(CC(=O)N2CC3(C2)CN(c2ccc(-c4ccc5cn(C(C(=O)Nc6nccs6)c6ncn7c6CCC7)nc5c4F)cc2)C3)CC1(F)F. The van der Waals surface area contributed by atoms with E-state index in [1.807, 2.05) is 30.3 Å². The van der Waals surface area contributed by atoms with Gasteiger partial charge in [0.15, 0.2) is 17.0 Å². The van der Waals surface area contributed by atoms with Crippen LogP contribution in [-0.4, -0.2) is 97.7 Å². The lowest BCUT2D eigenvalue weighted by atomic mass is 9.72. The lowest BCUT2D eigenvalue weighted by Gasteiger charge is -2.61. The topological polar surface area (TPSA) is 104 Å². The molecule has 4 aliphatic heterocycles. The second-order valence-electron chi connectivity index (χ2n) is 14.9. The predicted octanol–water partition coefficient (Wildman–Crippen LogP) is 5.30. The highest BCUT2D eigenvalue weighted by Gasteiger charge is 2.53. The first-order valence-electron chi connectivity index (χ1n) is 17.7. The van der Waals surface area contributed by atoms with Gasteiger partial charge in [-0.25, -0.2) is 23.1 Å². The molecule has 0 saturated carbocycles. The summed E-state index contributed by atoms with van der Waals surface area (Å²) >= 11 is 1.32. The number of alkyl halides is 2. The fraction of sp³-hybridized carbons (Fsp3) is 0.432. The molecule has 9 rings (SSSR count). The van der Waals surface area contributed by atoms with Crippen LogP contribution >= 0.6 is 11.3 Å². The van der Waals surface area contributed by atoms with E-state index in [1.54, 1.807) is 46.9 Å². The van der Waals surface area contributed by atoms with E-state index in [2.05, 4.69) is 29.9 Å². The van der Waals surface area contributed by atoms with Gasteiger partial charge in [-0.1, -0.05) is 31.2 Å². The van der Waals surface area contributed by atoms with E-state index in [4.69, 9.17) is 0 Å². The van der Waals surface area contributed by atoms with Gasteiger partial charge >= 0.3 is 0 Å². The zero-order chi connectivity index (χ0) is 35.8. The zero-order valence-electron chi connectivity index (χ0n) is 28.6. The summed E-state index contributed by atoms with van der Waals surface area (Å²) in [6.07, 6.45) is 7.22. The Bertz CT molecular complexity index is 2150. The number of hydrogen-bond donors (Lipinski definition) is 1. The summed E-state index contributed by atoms with van der Waals surface area (Å²) in [6.45, 7) is 5.48. The van der Waals surface area contributed by atoms with Crippen molar-refractivity contribution in [1.29, 1.82) is 0 Å². The van der Waals surface area contributed by atoms with Crippen molar-refractivity contribution < 1.29 is 22.8 Å². The molecule has 2 aromatic carbocycles. The van der Waals surface area contributed by atoms with Crippen LogP contribution in [0, 0.1) is 17.2 Å². The molecule has 2 unspecified atom stereocenters. The van der Waals surface area contributed by atoms with E-state index in [0.717, 1.165) is 43.9 Å². The van der Waals surface area contributed by atoms with Crippen LogP contribution in [0.3, 0.4) is 0 Å². The molecule has 11 nitrogen and oxygen atoms in total. The van der Waals surface area contributed by atoms with Gasteiger partial charge in [0.05, 0.1) is 25.1 Å². The third kappa shape index (κ3) is 5.74. The van der Waals surface area contributed by atoms with Crippen LogP contribution in [0.25, 0.3) is 22.0 Å². The molecule has 0 radical (unpaired) electrons. The number of rotatable bonds is 8. The molecule has 3 saturated heterocycles. The number of likely N-dealkylation sites (tertiary alicyclic amines) is 2. The Morgan fingerprint density at radius 1 is 1.04 bits per heavy atom.